The van der Waals surface area contributed by atoms with Crippen molar-refractivity contribution in [2.75, 3.05) is 6.61 Å². The summed E-state index contributed by atoms with van der Waals surface area (Å²) in [5.41, 5.74) is 3.90. The van der Waals surface area contributed by atoms with Crippen molar-refractivity contribution < 1.29 is 5.11 Å². The van der Waals surface area contributed by atoms with Crippen molar-refractivity contribution >= 4 is 0 Å². The molecule has 1 rings (SSSR count). The van der Waals surface area contributed by atoms with Gasteiger partial charge in [0.2, 0.25) is 0 Å². The summed E-state index contributed by atoms with van der Waals surface area (Å²) in [5, 5.41) is 12.1. The third-order valence-electron chi connectivity index (χ3n) is 2.41. The Morgan fingerprint density at radius 3 is 2.64 bits per heavy atom. The molecule has 1 aromatic rings. The number of benzene rings is 1. The average Bonchev–Trinajstić information content (AvgIpc) is 2.16. The first kappa shape index (κ1) is 11.2. The molecular formula is C12H19NO. The predicted octanol–water partition coefficient (Wildman–Crippen LogP) is 1.77. The van der Waals surface area contributed by atoms with Crippen LogP contribution in [0.1, 0.15) is 23.6 Å². The van der Waals surface area contributed by atoms with E-state index in [0.29, 0.717) is 0 Å². The summed E-state index contributed by atoms with van der Waals surface area (Å²) >= 11 is 0. The van der Waals surface area contributed by atoms with Gasteiger partial charge < -0.3 is 10.4 Å². The molecule has 2 N–H and O–H groups in total. The van der Waals surface area contributed by atoms with Crippen LogP contribution in [0.15, 0.2) is 18.2 Å². The van der Waals surface area contributed by atoms with Crippen LogP contribution in [0.2, 0.25) is 0 Å². The van der Waals surface area contributed by atoms with Gasteiger partial charge in [0.05, 0.1) is 6.61 Å². The zero-order valence-electron chi connectivity index (χ0n) is 9.17. The molecule has 0 aromatic heterocycles. The molecule has 0 radical (unpaired) electrons. The van der Waals surface area contributed by atoms with Crippen LogP contribution in [0.25, 0.3) is 0 Å². The standard InChI is InChI=1S/C12H19NO/c1-9-4-5-12(10(2)6-9)7-13-11(3)8-14/h4-6,11,13-14H,7-8H2,1-3H3. The first-order valence-electron chi connectivity index (χ1n) is 5.04. The predicted molar refractivity (Wildman–Crippen MR) is 59.3 cm³/mol. The second-order valence-corrected chi connectivity index (χ2v) is 3.89. The Morgan fingerprint density at radius 1 is 1.36 bits per heavy atom. The Balaban J connectivity index is 2.59. The van der Waals surface area contributed by atoms with Gasteiger partial charge in [-0.1, -0.05) is 23.8 Å². The molecule has 0 fully saturated rings. The third-order valence-corrected chi connectivity index (χ3v) is 2.41. The van der Waals surface area contributed by atoms with Gasteiger partial charge in [-0.25, -0.2) is 0 Å². The quantitative estimate of drug-likeness (QED) is 0.764. The first-order valence-corrected chi connectivity index (χ1v) is 5.04. The van der Waals surface area contributed by atoms with Crippen LogP contribution in [-0.2, 0) is 6.54 Å². The molecule has 0 spiro atoms. The van der Waals surface area contributed by atoms with E-state index in [-0.39, 0.29) is 12.6 Å². The lowest BCUT2D eigenvalue weighted by Gasteiger charge is -2.12. The normalized spacial score (nSPS) is 12.9. The fourth-order valence-electron chi connectivity index (χ4n) is 1.39. The van der Waals surface area contributed by atoms with Gasteiger partial charge >= 0.3 is 0 Å². The van der Waals surface area contributed by atoms with Gasteiger partial charge in [0.25, 0.3) is 0 Å². The fraction of sp³-hybridized carbons (Fsp3) is 0.500. The summed E-state index contributed by atoms with van der Waals surface area (Å²) in [7, 11) is 0. The largest absolute Gasteiger partial charge is 0.395 e. The minimum Gasteiger partial charge on any atom is -0.395 e. The zero-order chi connectivity index (χ0) is 10.6. The minimum atomic E-state index is 0.163. The van der Waals surface area contributed by atoms with Gasteiger partial charge in [-0.3, -0.25) is 0 Å². The zero-order valence-corrected chi connectivity index (χ0v) is 9.17. The lowest BCUT2D eigenvalue weighted by Crippen LogP contribution is -2.28. The number of aryl methyl sites for hydroxylation is 2. The van der Waals surface area contributed by atoms with Crippen LogP contribution < -0.4 is 5.32 Å². The summed E-state index contributed by atoms with van der Waals surface area (Å²) in [5.74, 6) is 0. The molecule has 14 heavy (non-hydrogen) atoms. The van der Waals surface area contributed by atoms with E-state index in [9.17, 15) is 0 Å². The summed E-state index contributed by atoms with van der Waals surface area (Å²) in [6, 6.07) is 6.60. The van der Waals surface area contributed by atoms with Crippen LogP contribution in [0, 0.1) is 13.8 Å². The highest BCUT2D eigenvalue weighted by Gasteiger charge is 2.01. The van der Waals surface area contributed by atoms with Crippen molar-refractivity contribution in [3.63, 3.8) is 0 Å². The van der Waals surface area contributed by atoms with Crippen molar-refractivity contribution in [1.29, 1.82) is 0 Å². The van der Waals surface area contributed by atoms with E-state index < -0.39 is 0 Å². The molecule has 1 atom stereocenters. The van der Waals surface area contributed by atoms with Crippen LogP contribution in [0.3, 0.4) is 0 Å². The molecule has 0 aliphatic rings. The van der Waals surface area contributed by atoms with Crippen molar-refractivity contribution in [3.8, 4) is 0 Å². The molecule has 1 unspecified atom stereocenters. The van der Waals surface area contributed by atoms with E-state index in [4.69, 9.17) is 5.11 Å². The Hall–Kier alpha value is -0.860. The second kappa shape index (κ2) is 5.13. The maximum Gasteiger partial charge on any atom is 0.0582 e. The van der Waals surface area contributed by atoms with E-state index in [0.717, 1.165) is 6.54 Å². The van der Waals surface area contributed by atoms with Crippen molar-refractivity contribution in [3.05, 3.63) is 34.9 Å². The molecule has 0 aliphatic carbocycles. The molecular weight excluding hydrogens is 174 g/mol. The number of rotatable bonds is 4. The lowest BCUT2D eigenvalue weighted by atomic mass is 10.1. The van der Waals surface area contributed by atoms with Gasteiger partial charge in [0.15, 0.2) is 0 Å². The number of aliphatic hydroxyl groups is 1. The van der Waals surface area contributed by atoms with Crippen molar-refractivity contribution in [2.45, 2.75) is 33.4 Å². The van der Waals surface area contributed by atoms with Gasteiger partial charge in [-0.2, -0.15) is 0 Å². The highest BCUT2D eigenvalue weighted by Crippen LogP contribution is 2.10. The second-order valence-electron chi connectivity index (χ2n) is 3.89. The third kappa shape index (κ3) is 3.13. The molecule has 0 saturated heterocycles. The molecule has 1 aromatic carbocycles. The Labute approximate surface area is 86.0 Å². The van der Waals surface area contributed by atoms with E-state index in [1.807, 2.05) is 6.92 Å². The van der Waals surface area contributed by atoms with Crippen LogP contribution >= 0.6 is 0 Å². The summed E-state index contributed by atoms with van der Waals surface area (Å²) in [6.45, 7) is 7.20. The fourth-order valence-corrected chi connectivity index (χ4v) is 1.39. The molecule has 0 heterocycles. The number of nitrogens with one attached hydrogen (secondary N) is 1. The molecule has 2 nitrogen and oxygen atoms in total. The molecule has 0 saturated carbocycles. The highest BCUT2D eigenvalue weighted by molar-refractivity contribution is 5.30. The SMILES string of the molecule is Cc1ccc(CNC(C)CO)c(C)c1. The number of aliphatic hydroxyl groups excluding tert-OH is 1. The van der Waals surface area contributed by atoms with Gasteiger partial charge in [0, 0.05) is 12.6 Å². The molecule has 78 valence electrons. The maximum atomic E-state index is 8.86. The summed E-state index contributed by atoms with van der Waals surface area (Å²) < 4.78 is 0. The number of hydrogen-bond acceptors (Lipinski definition) is 2. The Bertz CT molecular complexity index is 296. The van der Waals surface area contributed by atoms with E-state index >= 15 is 0 Å². The van der Waals surface area contributed by atoms with E-state index in [1.165, 1.54) is 16.7 Å². The number of hydrogen-bond donors (Lipinski definition) is 2. The van der Waals surface area contributed by atoms with Gasteiger partial charge in [0.1, 0.15) is 0 Å². The highest BCUT2D eigenvalue weighted by atomic mass is 16.3. The van der Waals surface area contributed by atoms with Crippen LogP contribution in [0.5, 0.6) is 0 Å². The van der Waals surface area contributed by atoms with E-state index in [1.54, 1.807) is 0 Å². The van der Waals surface area contributed by atoms with Crippen LogP contribution in [0.4, 0.5) is 0 Å². The van der Waals surface area contributed by atoms with Crippen molar-refractivity contribution in [1.82, 2.24) is 5.32 Å². The summed E-state index contributed by atoms with van der Waals surface area (Å²) in [6.07, 6.45) is 0. The van der Waals surface area contributed by atoms with Crippen molar-refractivity contribution in [2.24, 2.45) is 0 Å². The summed E-state index contributed by atoms with van der Waals surface area (Å²) in [4.78, 5) is 0. The monoisotopic (exact) mass is 193 g/mol. The molecule has 0 aliphatic heterocycles. The first-order chi connectivity index (χ1) is 6.63. The molecule has 2 heteroatoms. The minimum absolute atomic E-state index is 0.163. The lowest BCUT2D eigenvalue weighted by molar-refractivity contribution is 0.251. The Kier molecular flexibility index (Phi) is 4.11. The van der Waals surface area contributed by atoms with Gasteiger partial charge in [-0.05, 0) is 31.9 Å². The van der Waals surface area contributed by atoms with E-state index in [2.05, 4.69) is 37.4 Å². The van der Waals surface area contributed by atoms with Crippen LogP contribution in [-0.4, -0.2) is 17.8 Å². The molecule has 0 bridgehead atoms. The Morgan fingerprint density at radius 2 is 2.07 bits per heavy atom. The topological polar surface area (TPSA) is 32.3 Å². The maximum absolute atomic E-state index is 8.86. The van der Waals surface area contributed by atoms with Gasteiger partial charge in [-0.15, -0.1) is 0 Å². The smallest absolute Gasteiger partial charge is 0.0582 e. The molecule has 0 amide bonds. The average molecular weight is 193 g/mol.